The number of rotatable bonds is 9. The van der Waals surface area contributed by atoms with Gasteiger partial charge in [-0.05, 0) is 0 Å². The van der Waals surface area contributed by atoms with E-state index >= 15 is 0 Å². The molecule has 1 rings (SSSR count). The van der Waals surface area contributed by atoms with Gasteiger partial charge >= 0.3 is 35.8 Å². The lowest BCUT2D eigenvalue weighted by Gasteiger charge is -2.43. The predicted octanol–water partition coefficient (Wildman–Crippen LogP) is -0.952. The molecule has 0 N–H and O–H groups in total. The Bertz CT molecular complexity index is 909. The van der Waals surface area contributed by atoms with Gasteiger partial charge in [-0.1, -0.05) is 0 Å². The minimum absolute atomic E-state index is 0.570. The molecule has 0 spiro atoms. The van der Waals surface area contributed by atoms with Gasteiger partial charge in [0.1, 0.15) is 17.6 Å². The smallest absolute Gasteiger partial charge is 0.347 e. The first-order valence-corrected chi connectivity index (χ1v) is 11.1. The lowest BCUT2D eigenvalue weighted by atomic mass is 9.99. The zero-order valence-corrected chi connectivity index (χ0v) is 20.6. The van der Waals surface area contributed by atoms with E-state index in [4.69, 9.17) is 23.7 Å². The van der Waals surface area contributed by atoms with Crippen molar-refractivity contribution in [2.24, 2.45) is 0 Å². The summed E-state index contributed by atoms with van der Waals surface area (Å²) in [5.41, 5.74) is -1.79. The van der Waals surface area contributed by atoms with Crippen molar-refractivity contribution in [3.05, 3.63) is 11.0 Å². The second-order valence-corrected chi connectivity index (χ2v) is 8.39. The van der Waals surface area contributed by atoms with Gasteiger partial charge in [0.2, 0.25) is 0 Å². The van der Waals surface area contributed by atoms with Crippen molar-refractivity contribution in [3.8, 4) is 0 Å². The topological polar surface area (TPSA) is 184 Å². The van der Waals surface area contributed by atoms with Gasteiger partial charge in [0, 0.05) is 33.8 Å². The van der Waals surface area contributed by atoms with Gasteiger partial charge in [-0.15, -0.1) is 0 Å². The minimum Gasteiger partial charge on any atom is -0.466 e. The van der Waals surface area contributed by atoms with E-state index in [1.807, 2.05) is 0 Å². The first-order valence-electron chi connectivity index (χ1n) is 9.91. The molecule has 0 saturated carbocycles. The molecule has 0 bridgehead atoms. The molecule has 35 heavy (non-hydrogen) atoms. The minimum atomic E-state index is -2.63. The van der Waals surface area contributed by atoms with E-state index in [-0.39, 0.29) is 0 Å². The third-order valence-electron chi connectivity index (χ3n) is 4.21. The van der Waals surface area contributed by atoms with Crippen molar-refractivity contribution in [3.63, 3.8) is 0 Å². The molecule has 1 saturated heterocycles. The Morgan fingerprint density at radius 2 is 1.29 bits per heavy atom. The Balaban J connectivity index is 3.67. The standard InChI is InChI=1S/C20H26O14S/c1-9(21)30-8-13-16(31-10(2)22)17(32-11(3)23)18(33-12(4)24)20(34-13)35(27)14(19(26)29-6)7-15(25)28-5/h7,13,16-18,20H,8H2,1-6H3/b14-7+/t13-,16-,17+,18-,20+,35+/m1/s1. The Hall–Kier alpha value is -3.33. The molecule has 1 heterocycles. The molecule has 196 valence electrons. The largest absolute Gasteiger partial charge is 0.466 e. The summed E-state index contributed by atoms with van der Waals surface area (Å²) in [7, 11) is -0.666. The van der Waals surface area contributed by atoms with Crippen molar-refractivity contribution in [1.29, 1.82) is 0 Å². The maximum absolute atomic E-state index is 13.4. The van der Waals surface area contributed by atoms with Crippen LogP contribution in [0.4, 0.5) is 0 Å². The molecule has 0 aromatic carbocycles. The van der Waals surface area contributed by atoms with Crippen molar-refractivity contribution >= 4 is 46.6 Å². The molecular formula is C20H26O14S. The molecule has 15 heteroatoms. The van der Waals surface area contributed by atoms with Crippen LogP contribution in [0.1, 0.15) is 27.7 Å². The summed E-state index contributed by atoms with van der Waals surface area (Å²) in [6.07, 6.45) is -5.62. The lowest BCUT2D eigenvalue weighted by molar-refractivity contribution is -0.238. The average Bonchev–Trinajstić information content (AvgIpc) is 2.76. The Morgan fingerprint density at radius 3 is 1.74 bits per heavy atom. The van der Waals surface area contributed by atoms with Gasteiger partial charge in [0.15, 0.2) is 23.7 Å². The molecule has 0 amide bonds. The summed E-state index contributed by atoms with van der Waals surface area (Å²) >= 11 is 0. The molecule has 1 aliphatic rings. The van der Waals surface area contributed by atoms with Crippen molar-refractivity contribution in [1.82, 2.24) is 0 Å². The van der Waals surface area contributed by atoms with Gasteiger partial charge in [-0.25, -0.2) is 9.59 Å². The highest BCUT2D eigenvalue weighted by atomic mass is 32.2. The summed E-state index contributed by atoms with van der Waals surface area (Å²) in [6, 6.07) is 0. The highest BCUT2D eigenvalue weighted by Crippen LogP contribution is 2.32. The second kappa shape index (κ2) is 13.5. The van der Waals surface area contributed by atoms with Crippen LogP contribution in [0, 0.1) is 0 Å². The number of esters is 6. The fourth-order valence-electron chi connectivity index (χ4n) is 2.95. The first kappa shape index (κ1) is 29.7. The van der Waals surface area contributed by atoms with Crippen LogP contribution in [0.15, 0.2) is 11.0 Å². The number of hydrogen-bond acceptors (Lipinski definition) is 14. The molecule has 0 aromatic heterocycles. The molecule has 0 radical (unpaired) electrons. The van der Waals surface area contributed by atoms with Crippen LogP contribution in [0.5, 0.6) is 0 Å². The van der Waals surface area contributed by atoms with Crippen molar-refractivity contribution < 1.29 is 66.1 Å². The normalized spacial score (nSPS) is 24.9. The Labute approximate surface area is 202 Å². The van der Waals surface area contributed by atoms with Crippen LogP contribution in [0.2, 0.25) is 0 Å². The molecule has 6 atom stereocenters. The van der Waals surface area contributed by atoms with Gasteiger partial charge < -0.3 is 33.2 Å². The highest BCUT2D eigenvalue weighted by Gasteiger charge is 2.55. The molecular weight excluding hydrogens is 496 g/mol. The van der Waals surface area contributed by atoms with Crippen molar-refractivity contribution in [2.45, 2.75) is 57.5 Å². The van der Waals surface area contributed by atoms with E-state index < -0.39 is 88.0 Å². The number of carbonyl (C=O) groups is 6. The maximum atomic E-state index is 13.4. The SMILES string of the molecule is COC(=O)/C=C(\C(=O)OC)[S@](=O)[C@@H]1O[C@H](COC(C)=O)[C@@H](OC(C)=O)[C@H](OC(C)=O)[C@H]1OC(C)=O. The van der Waals surface area contributed by atoms with Crippen LogP contribution >= 0.6 is 0 Å². The highest BCUT2D eigenvalue weighted by molar-refractivity contribution is 7.90. The molecule has 0 unspecified atom stereocenters. The van der Waals surface area contributed by atoms with Gasteiger partial charge in [-0.3, -0.25) is 23.4 Å². The number of methoxy groups -OCH3 is 2. The molecule has 1 aliphatic heterocycles. The van der Waals surface area contributed by atoms with E-state index in [9.17, 15) is 33.0 Å². The van der Waals surface area contributed by atoms with Crippen molar-refractivity contribution in [2.75, 3.05) is 20.8 Å². The Morgan fingerprint density at radius 1 is 0.771 bits per heavy atom. The van der Waals surface area contributed by atoms with Gasteiger partial charge in [0.25, 0.3) is 0 Å². The van der Waals surface area contributed by atoms with Crippen LogP contribution in [-0.4, -0.2) is 90.7 Å². The molecule has 1 fully saturated rings. The fraction of sp³-hybridized carbons (Fsp3) is 0.600. The number of hydrogen-bond donors (Lipinski definition) is 0. The lowest BCUT2D eigenvalue weighted by Crippen LogP contribution is -2.63. The number of ether oxygens (including phenoxy) is 7. The number of carbonyl (C=O) groups excluding carboxylic acids is 6. The predicted molar refractivity (Wildman–Crippen MR) is 112 cm³/mol. The zero-order valence-electron chi connectivity index (χ0n) is 19.8. The Kier molecular flexibility index (Phi) is 11.5. The third-order valence-corrected chi connectivity index (χ3v) is 5.73. The van der Waals surface area contributed by atoms with E-state index in [1.54, 1.807) is 0 Å². The summed E-state index contributed by atoms with van der Waals surface area (Å²) in [5, 5.41) is 0. The quantitative estimate of drug-likeness (QED) is 0.205. The van der Waals surface area contributed by atoms with E-state index in [0.717, 1.165) is 41.9 Å². The van der Waals surface area contributed by atoms with Crippen LogP contribution in [0.3, 0.4) is 0 Å². The first-order chi connectivity index (χ1) is 16.3. The van der Waals surface area contributed by atoms with Crippen LogP contribution < -0.4 is 0 Å². The molecule has 0 aromatic rings. The summed E-state index contributed by atoms with van der Waals surface area (Å²) in [6.45, 7) is 3.54. The van der Waals surface area contributed by atoms with E-state index in [2.05, 4.69) is 9.47 Å². The van der Waals surface area contributed by atoms with Gasteiger partial charge in [-0.2, -0.15) is 0 Å². The van der Waals surface area contributed by atoms with Crippen LogP contribution in [-0.2, 0) is 72.7 Å². The summed E-state index contributed by atoms with van der Waals surface area (Å²) in [4.78, 5) is 70.1. The summed E-state index contributed by atoms with van der Waals surface area (Å²) < 4.78 is 48.7. The molecule has 0 aliphatic carbocycles. The zero-order chi connectivity index (χ0) is 26.9. The average molecular weight is 522 g/mol. The van der Waals surface area contributed by atoms with E-state index in [1.165, 1.54) is 0 Å². The van der Waals surface area contributed by atoms with Gasteiger partial charge in [0.05, 0.1) is 25.0 Å². The second-order valence-electron chi connectivity index (χ2n) is 6.89. The van der Waals surface area contributed by atoms with Crippen LogP contribution in [0.25, 0.3) is 0 Å². The summed E-state index contributed by atoms with van der Waals surface area (Å²) in [5.74, 6) is -5.72. The van der Waals surface area contributed by atoms with E-state index in [0.29, 0.717) is 6.08 Å². The molecule has 14 nitrogen and oxygen atoms in total. The maximum Gasteiger partial charge on any atom is 0.347 e. The monoisotopic (exact) mass is 522 g/mol. The fourth-order valence-corrected chi connectivity index (χ4v) is 4.36. The third kappa shape index (κ3) is 8.75.